The first-order valence-electron chi connectivity index (χ1n) is 13.6. The number of amides is 1. The lowest BCUT2D eigenvalue weighted by molar-refractivity contribution is -0.113. The molecule has 1 aliphatic carbocycles. The number of anilines is 2. The van der Waals surface area contributed by atoms with Crippen molar-refractivity contribution in [3.05, 3.63) is 52.9 Å². The second-order valence-corrected chi connectivity index (χ2v) is 11.4. The maximum absolute atomic E-state index is 13.0. The van der Waals surface area contributed by atoms with Crippen molar-refractivity contribution in [2.45, 2.75) is 64.1 Å². The van der Waals surface area contributed by atoms with Gasteiger partial charge in [0.2, 0.25) is 5.91 Å². The molecule has 0 bridgehead atoms. The molecular weight excluding hydrogens is 530 g/mol. The van der Waals surface area contributed by atoms with Crippen LogP contribution >= 0.6 is 23.1 Å². The third kappa shape index (κ3) is 6.73. The number of allylic oxidation sites excluding steroid dienone is 1. The Kier molecular flexibility index (Phi) is 10.2. The van der Waals surface area contributed by atoms with E-state index in [-0.39, 0.29) is 11.7 Å². The summed E-state index contributed by atoms with van der Waals surface area (Å²) in [7, 11) is 1.39. The molecule has 1 aromatic carbocycles. The van der Waals surface area contributed by atoms with E-state index in [1.54, 1.807) is 6.08 Å². The summed E-state index contributed by atoms with van der Waals surface area (Å²) >= 11 is 2.82. The van der Waals surface area contributed by atoms with E-state index in [0.717, 1.165) is 67.8 Å². The smallest absolute Gasteiger partial charge is 0.341 e. The van der Waals surface area contributed by atoms with Crippen LogP contribution in [-0.4, -0.2) is 52.6 Å². The Labute approximate surface area is 238 Å². The molecule has 0 saturated carbocycles. The predicted molar refractivity (Wildman–Crippen MR) is 160 cm³/mol. The summed E-state index contributed by atoms with van der Waals surface area (Å²) in [4.78, 5) is 29.2. The van der Waals surface area contributed by atoms with E-state index in [0.29, 0.717) is 22.3 Å². The summed E-state index contributed by atoms with van der Waals surface area (Å²) in [6.45, 7) is 10.6. The molecule has 1 N–H and O–H groups in total. The highest BCUT2D eigenvalue weighted by Gasteiger charge is 2.26. The van der Waals surface area contributed by atoms with Crippen molar-refractivity contribution in [3.63, 3.8) is 0 Å². The van der Waals surface area contributed by atoms with Gasteiger partial charge in [0.15, 0.2) is 11.0 Å². The van der Waals surface area contributed by atoms with E-state index >= 15 is 0 Å². The Morgan fingerprint density at radius 2 is 1.85 bits per heavy atom. The van der Waals surface area contributed by atoms with Gasteiger partial charge in [-0.15, -0.1) is 28.1 Å². The fourth-order valence-electron chi connectivity index (χ4n) is 4.93. The summed E-state index contributed by atoms with van der Waals surface area (Å²) in [5.74, 6) is 0.283. The van der Waals surface area contributed by atoms with Crippen LogP contribution in [0.25, 0.3) is 11.4 Å². The van der Waals surface area contributed by atoms with Gasteiger partial charge in [-0.2, -0.15) is 0 Å². The monoisotopic (exact) mass is 567 g/mol. The number of hydrogen-bond acceptors (Lipinski definition) is 8. The molecule has 1 aliphatic rings. The number of thioether (sulfide) groups is 1. The van der Waals surface area contributed by atoms with Gasteiger partial charge in [0.1, 0.15) is 5.00 Å². The molecule has 208 valence electrons. The number of hydrogen-bond donors (Lipinski definition) is 1. The quantitative estimate of drug-likeness (QED) is 0.167. The van der Waals surface area contributed by atoms with Gasteiger partial charge in [-0.05, 0) is 69.4 Å². The van der Waals surface area contributed by atoms with Crippen LogP contribution in [0.2, 0.25) is 0 Å². The molecule has 0 unspecified atom stereocenters. The number of aromatic nitrogens is 3. The Bertz CT molecular complexity index is 1290. The third-order valence-electron chi connectivity index (χ3n) is 6.93. The van der Waals surface area contributed by atoms with Crippen molar-refractivity contribution in [1.82, 2.24) is 14.8 Å². The molecule has 0 aliphatic heterocycles. The van der Waals surface area contributed by atoms with Crippen LogP contribution in [0.4, 0.5) is 10.7 Å². The highest BCUT2D eigenvalue weighted by molar-refractivity contribution is 7.99. The fourth-order valence-corrected chi connectivity index (χ4v) is 6.97. The van der Waals surface area contributed by atoms with E-state index in [1.165, 1.54) is 41.5 Å². The van der Waals surface area contributed by atoms with Crippen molar-refractivity contribution in [2.75, 3.05) is 36.2 Å². The van der Waals surface area contributed by atoms with Gasteiger partial charge in [0, 0.05) is 35.8 Å². The molecule has 8 nitrogen and oxygen atoms in total. The third-order valence-corrected chi connectivity index (χ3v) is 9.10. The zero-order valence-electron chi connectivity index (χ0n) is 23.0. The number of thiophene rings is 1. The van der Waals surface area contributed by atoms with Gasteiger partial charge < -0.3 is 15.0 Å². The first-order valence-corrected chi connectivity index (χ1v) is 15.4. The van der Waals surface area contributed by atoms with Gasteiger partial charge >= 0.3 is 5.97 Å². The molecule has 39 heavy (non-hydrogen) atoms. The largest absolute Gasteiger partial charge is 0.465 e. The van der Waals surface area contributed by atoms with Gasteiger partial charge in [-0.1, -0.05) is 30.7 Å². The first kappa shape index (κ1) is 28.9. The highest BCUT2D eigenvalue weighted by atomic mass is 32.2. The highest BCUT2D eigenvalue weighted by Crippen LogP contribution is 2.38. The number of fused-ring (bicyclic) bond motifs is 1. The fraction of sp³-hybridized carbons (Fsp3) is 0.448. The lowest BCUT2D eigenvalue weighted by Gasteiger charge is -2.21. The van der Waals surface area contributed by atoms with Gasteiger partial charge in [0.25, 0.3) is 0 Å². The number of aryl methyl sites for hydroxylation is 1. The minimum atomic E-state index is -0.390. The maximum Gasteiger partial charge on any atom is 0.341 e. The summed E-state index contributed by atoms with van der Waals surface area (Å²) in [5.41, 5.74) is 3.67. The molecule has 4 rings (SSSR count). The normalized spacial score (nSPS) is 13.2. The van der Waals surface area contributed by atoms with Crippen molar-refractivity contribution in [1.29, 1.82) is 0 Å². The lowest BCUT2D eigenvalue weighted by Crippen LogP contribution is -2.21. The van der Waals surface area contributed by atoms with Gasteiger partial charge in [-0.25, -0.2) is 4.79 Å². The Hall–Kier alpha value is -3.11. The standard InChI is InChI=1S/C29H37N5O3S2/c1-5-18-34-26(20-14-16-21(17-15-20)33(6-2)7-3)31-32-29(34)38-19-24(35)30-27-25(28(36)37-4)22-12-10-8-9-11-13-23(22)39-27/h5,14-17H,1,6-13,18-19H2,2-4H3,(H,30,35). The zero-order chi connectivity index (χ0) is 27.8. The van der Waals surface area contributed by atoms with E-state index in [4.69, 9.17) is 4.74 Å². The molecule has 3 aromatic rings. The van der Waals surface area contributed by atoms with E-state index in [9.17, 15) is 9.59 Å². The Morgan fingerprint density at radius 1 is 1.13 bits per heavy atom. The molecule has 10 heteroatoms. The van der Waals surface area contributed by atoms with Crippen LogP contribution in [0, 0.1) is 0 Å². The Balaban J connectivity index is 1.49. The molecule has 1 amide bonds. The topological polar surface area (TPSA) is 89.3 Å². The van der Waals surface area contributed by atoms with Crippen molar-refractivity contribution in [2.24, 2.45) is 0 Å². The second kappa shape index (κ2) is 13.8. The molecule has 2 aromatic heterocycles. The summed E-state index contributed by atoms with van der Waals surface area (Å²) in [6, 6.07) is 8.30. The predicted octanol–water partition coefficient (Wildman–Crippen LogP) is 6.22. The van der Waals surface area contributed by atoms with Gasteiger partial charge in [-0.3, -0.25) is 9.36 Å². The summed E-state index contributed by atoms with van der Waals surface area (Å²) < 4.78 is 7.05. The minimum absolute atomic E-state index is 0.138. The number of carbonyl (C=O) groups is 2. The SMILES string of the molecule is C=CCn1c(SCC(=O)Nc2sc3c(c2C(=O)OC)CCCCCC3)nnc1-c1ccc(N(CC)CC)cc1. The van der Waals surface area contributed by atoms with Crippen LogP contribution in [-0.2, 0) is 28.9 Å². The molecular formula is C29H37N5O3S2. The number of methoxy groups -OCH3 is 1. The number of nitrogens with zero attached hydrogens (tertiary/aromatic N) is 4. The maximum atomic E-state index is 13.0. The Morgan fingerprint density at radius 3 is 2.51 bits per heavy atom. The average Bonchev–Trinajstić information content (AvgIpc) is 3.48. The van der Waals surface area contributed by atoms with E-state index < -0.39 is 5.97 Å². The molecule has 0 fully saturated rings. The zero-order valence-corrected chi connectivity index (χ0v) is 24.6. The van der Waals surface area contributed by atoms with Crippen molar-refractivity contribution >= 4 is 45.7 Å². The average molecular weight is 568 g/mol. The van der Waals surface area contributed by atoms with Crippen LogP contribution in [0.3, 0.4) is 0 Å². The first-order chi connectivity index (χ1) is 19.0. The number of esters is 1. The number of benzene rings is 1. The van der Waals surface area contributed by atoms with Crippen LogP contribution in [0.15, 0.2) is 42.1 Å². The van der Waals surface area contributed by atoms with E-state index in [1.807, 2.05) is 4.57 Å². The van der Waals surface area contributed by atoms with Crippen LogP contribution in [0.1, 0.15) is 60.3 Å². The lowest BCUT2D eigenvalue weighted by atomic mass is 9.96. The number of carbonyl (C=O) groups excluding carboxylic acids is 2. The van der Waals surface area contributed by atoms with E-state index in [2.05, 4.69) is 65.1 Å². The summed E-state index contributed by atoms with van der Waals surface area (Å²) in [6.07, 6.45) is 8.04. The second-order valence-electron chi connectivity index (χ2n) is 9.38. The van der Waals surface area contributed by atoms with Crippen molar-refractivity contribution in [3.8, 4) is 11.4 Å². The molecule has 0 spiro atoms. The summed E-state index contributed by atoms with van der Waals surface area (Å²) in [5, 5.41) is 13.0. The minimum Gasteiger partial charge on any atom is -0.465 e. The molecule has 2 heterocycles. The van der Waals surface area contributed by atoms with Crippen molar-refractivity contribution < 1.29 is 14.3 Å². The molecule has 0 saturated heterocycles. The van der Waals surface area contributed by atoms with Gasteiger partial charge in [0.05, 0.1) is 18.4 Å². The number of rotatable bonds is 11. The number of nitrogens with one attached hydrogen (secondary N) is 1. The molecule has 0 radical (unpaired) electrons. The van der Waals surface area contributed by atoms with Crippen LogP contribution < -0.4 is 10.2 Å². The molecule has 0 atom stereocenters. The van der Waals surface area contributed by atoms with Crippen LogP contribution in [0.5, 0.6) is 0 Å². The number of ether oxygens (including phenoxy) is 1.